The second kappa shape index (κ2) is 6.33. The molecule has 5 heterocycles. The quantitative estimate of drug-likeness (QED) is 0.752. The summed E-state index contributed by atoms with van der Waals surface area (Å²) in [6.07, 6.45) is 6.65. The van der Waals surface area contributed by atoms with Gasteiger partial charge in [-0.1, -0.05) is 6.07 Å². The zero-order valence-electron chi connectivity index (χ0n) is 15.1. The van der Waals surface area contributed by atoms with Gasteiger partial charge in [0.1, 0.15) is 10.9 Å². The maximum Gasteiger partial charge on any atom is 0.255 e. The summed E-state index contributed by atoms with van der Waals surface area (Å²) < 4.78 is 34.0. The molecule has 0 aromatic carbocycles. The van der Waals surface area contributed by atoms with Crippen molar-refractivity contribution in [3.63, 3.8) is 0 Å². The van der Waals surface area contributed by atoms with E-state index in [0.717, 1.165) is 5.56 Å². The predicted molar refractivity (Wildman–Crippen MR) is 99.7 cm³/mol. The molecule has 9 heteroatoms. The number of sulfonamides is 1. The average molecular weight is 400 g/mol. The lowest BCUT2D eigenvalue weighted by Gasteiger charge is -2.39. The molecular weight excluding hydrogens is 380 g/mol. The third-order valence-electron chi connectivity index (χ3n) is 5.79. The van der Waals surface area contributed by atoms with E-state index in [1.54, 1.807) is 41.7 Å². The van der Waals surface area contributed by atoms with Crippen LogP contribution in [-0.2, 0) is 21.3 Å². The van der Waals surface area contributed by atoms with Crippen molar-refractivity contribution in [2.75, 3.05) is 19.6 Å². The van der Waals surface area contributed by atoms with Crippen molar-refractivity contribution in [2.45, 2.75) is 29.9 Å². The van der Waals surface area contributed by atoms with E-state index >= 15 is 0 Å². The van der Waals surface area contributed by atoms with E-state index in [1.165, 1.54) is 10.5 Å². The van der Waals surface area contributed by atoms with Crippen molar-refractivity contribution in [3.8, 4) is 0 Å². The lowest BCUT2D eigenvalue weighted by Crippen LogP contribution is -2.56. The fourth-order valence-electron chi connectivity index (χ4n) is 4.61. The number of fused-ring (bicyclic) bond motifs is 1. The molecule has 0 radical (unpaired) electrons. The van der Waals surface area contributed by atoms with Gasteiger partial charge < -0.3 is 9.64 Å². The summed E-state index contributed by atoms with van der Waals surface area (Å²) in [5, 5.41) is -0.617. The zero-order chi connectivity index (χ0) is 19.4. The zero-order valence-corrected chi connectivity index (χ0v) is 16.0. The highest BCUT2D eigenvalue weighted by Gasteiger charge is 2.65. The first kappa shape index (κ1) is 17.7. The smallest absolute Gasteiger partial charge is 0.255 e. The molecule has 5 rings (SSSR count). The van der Waals surface area contributed by atoms with Gasteiger partial charge in [0.15, 0.2) is 0 Å². The Morgan fingerprint density at radius 2 is 1.96 bits per heavy atom. The van der Waals surface area contributed by atoms with Gasteiger partial charge in [0.2, 0.25) is 10.0 Å². The standard InChI is InChI=1S/C19H20N4O4S/c24-18(15-4-2-6-21-9-15)22-11-16-7-17-19(12-22,27-16)13-23(28(17,25)26)10-14-3-1-5-20-8-14/h1-6,8-9,16-17H,7,10-13H2/t16-,17+,19+/m0/s1. The van der Waals surface area contributed by atoms with Crippen molar-refractivity contribution in [2.24, 2.45) is 0 Å². The molecule has 146 valence electrons. The summed E-state index contributed by atoms with van der Waals surface area (Å²) in [5.74, 6) is -0.135. The number of hydrogen-bond acceptors (Lipinski definition) is 6. The lowest BCUT2D eigenvalue weighted by atomic mass is 9.99. The Hall–Kier alpha value is -2.36. The van der Waals surface area contributed by atoms with Crippen LogP contribution >= 0.6 is 0 Å². The maximum absolute atomic E-state index is 13.2. The summed E-state index contributed by atoms with van der Waals surface area (Å²) in [6, 6.07) is 7.09. The number of pyridine rings is 2. The molecule has 1 amide bonds. The van der Waals surface area contributed by atoms with Crippen molar-refractivity contribution >= 4 is 15.9 Å². The number of amides is 1. The number of morpholine rings is 1. The molecule has 0 N–H and O–H groups in total. The van der Waals surface area contributed by atoms with Gasteiger partial charge in [-0.15, -0.1) is 0 Å². The van der Waals surface area contributed by atoms with E-state index in [1.807, 2.05) is 6.07 Å². The first-order valence-electron chi connectivity index (χ1n) is 9.23. The second-order valence-electron chi connectivity index (χ2n) is 7.63. The Morgan fingerprint density at radius 3 is 2.68 bits per heavy atom. The third-order valence-corrected chi connectivity index (χ3v) is 8.11. The lowest BCUT2D eigenvalue weighted by molar-refractivity contribution is -0.0980. The molecule has 3 saturated heterocycles. The highest BCUT2D eigenvalue weighted by Crippen LogP contribution is 2.47. The first-order chi connectivity index (χ1) is 13.5. The van der Waals surface area contributed by atoms with Crippen LogP contribution in [0, 0.1) is 0 Å². The van der Waals surface area contributed by atoms with Gasteiger partial charge in [0, 0.05) is 44.4 Å². The van der Waals surface area contributed by atoms with E-state index in [2.05, 4.69) is 9.97 Å². The highest BCUT2D eigenvalue weighted by molar-refractivity contribution is 7.90. The minimum absolute atomic E-state index is 0.135. The Bertz CT molecular complexity index is 1000. The molecule has 0 unspecified atom stereocenters. The second-order valence-corrected chi connectivity index (χ2v) is 9.75. The van der Waals surface area contributed by atoms with Gasteiger partial charge in [-0.2, -0.15) is 4.31 Å². The monoisotopic (exact) mass is 400 g/mol. The van der Waals surface area contributed by atoms with Crippen molar-refractivity contribution in [1.29, 1.82) is 0 Å². The first-order valence-corrected chi connectivity index (χ1v) is 10.7. The van der Waals surface area contributed by atoms with Gasteiger partial charge >= 0.3 is 0 Å². The number of ether oxygens (including phenoxy) is 1. The Kier molecular flexibility index (Phi) is 4.01. The van der Waals surface area contributed by atoms with Gasteiger partial charge in [0.25, 0.3) is 5.91 Å². The summed E-state index contributed by atoms with van der Waals surface area (Å²) >= 11 is 0. The molecule has 2 bridgehead atoms. The average Bonchev–Trinajstić information content (AvgIpc) is 3.08. The molecule has 0 saturated carbocycles. The fourth-order valence-corrected chi connectivity index (χ4v) is 6.90. The number of carbonyl (C=O) groups is 1. The number of aromatic nitrogens is 2. The van der Waals surface area contributed by atoms with Crippen LogP contribution in [0.5, 0.6) is 0 Å². The molecule has 2 aromatic rings. The fraction of sp³-hybridized carbons (Fsp3) is 0.421. The van der Waals surface area contributed by atoms with E-state index in [0.29, 0.717) is 18.5 Å². The van der Waals surface area contributed by atoms with E-state index < -0.39 is 20.9 Å². The summed E-state index contributed by atoms with van der Waals surface area (Å²) in [5.41, 5.74) is 0.463. The van der Waals surface area contributed by atoms with Crippen molar-refractivity contribution in [3.05, 3.63) is 60.2 Å². The predicted octanol–water partition coefficient (Wildman–Crippen LogP) is 0.674. The number of carbonyl (C=O) groups excluding carboxylic acids is 1. The van der Waals surface area contributed by atoms with Crippen molar-refractivity contribution in [1.82, 2.24) is 19.2 Å². The number of rotatable bonds is 3. The normalized spacial score (nSPS) is 30.9. The highest BCUT2D eigenvalue weighted by atomic mass is 32.2. The Balaban J connectivity index is 1.42. The Labute approximate surface area is 163 Å². The van der Waals surface area contributed by atoms with Crippen LogP contribution in [0.3, 0.4) is 0 Å². The van der Waals surface area contributed by atoms with Gasteiger partial charge in [-0.3, -0.25) is 14.8 Å². The van der Waals surface area contributed by atoms with Crippen LogP contribution in [0.25, 0.3) is 0 Å². The summed E-state index contributed by atoms with van der Waals surface area (Å²) in [7, 11) is -3.51. The van der Waals surface area contributed by atoms with Crippen LogP contribution in [0.2, 0.25) is 0 Å². The van der Waals surface area contributed by atoms with Gasteiger partial charge in [-0.25, -0.2) is 8.42 Å². The number of hydrogen-bond donors (Lipinski definition) is 0. The minimum atomic E-state index is -3.51. The third kappa shape index (κ3) is 2.73. The molecule has 0 aliphatic carbocycles. The SMILES string of the molecule is O=C(c1cccnc1)N1C[C@@H]2C[C@@H]3[C@@](C1)(CN(Cc1cccnc1)S3(=O)=O)O2. The van der Waals surface area contributed by atoms with Gasteiger partial charge in [-0.05, 0) is 30.2 Å². The molecule has 2 aromatic heterocycles. The van der Waals surface area contributed by atoms with Crippen LogP contribution < -0.4 is 0 Å². The van der Waals surface area contributed by atoms with E-state index in [9.17, 15) is 13.2 Å². The Morgan fingerprint density at radius 1 is 1.18 bits per heavy atom. The van der Waals surface area contributed by atoms with Crippen LogP contribution in [0.1, 0.15) is 22.3 Å². The molecule has 3 aliphatic rings. The largest absolute Gasteiger partial charge is 0.365 e. The van der Waals surface area contributed by atoms with Crippen molar-refractivity contribution < 1.29 is 17.9 Å². The molecule has 3 atom stereocenters. The van der Waals surface area contributed by atoms with E-state index in [4.69, 9.17) is 4.74 Å². The van der Waals surface area contributed by atoms with E-state index in [-0.39, 0.29) is 31.6 Å². The van der Waals surface area contributed by atoms with Crippen LogP contribution in [0.15, 0.2) is 49.1 Å². The number of nitrogens with zero attached hydrogens (tertiary/aromatic N) is 4. The molecule has 3 fully saturated rings. The molecule has 1 spiro atoms. The van der Waals surface area contributed by atoms with Crippen LogP contribution in [-0.4, -0.2) is 70.1 Å². The molecule has 28 heavy (non-hydrogen) atoms. The molecular formula is C19H20N4O4S. The minimum Gasteiger partial charge on any atom is -0.365 e. The number of likely N-dealkylation sites (tertiary alicyclic amines) is 1. The summed E-state index contributed by atoms with van der Waals surface area (Å²) in [4.78, 5) is 22.7. The van der Waals surface area contributed by atoms with Crippen LogP contribution in [0.4, 0.5) is 0 Å². The molecule has 3 aliphatic heterocycles. The maximum atomic E-state index is 13.2. The topological polar surface area (TPSA) is 92.7 Å². The molecule has 8 nitrogen and oxygen atoms in total. The van der Waals surface area contributed by atoms with Gasteiger partial charge in [0.05, 0.1) is 18.2 Å². The summed E-state index contributed by atoms with van der Waals surface area (Å²) in [6.45, 7) is 1.19.